The minimum absolute atomic E-state index is 0.113. The summed E-state index contributed by atoms with van der Waals surface area (Å²) in [5, 5.41) is 0.497. The first-order valence-electron chi connectivity index (χ1n) is 8.50. The Kier molecular flexibility index (Phi) is 4.16. The van der Waals surface area contributed by atoms with Gasteiger partial charge in [0.1, 0.15) is 11.6 Å². The molecule has 0 spiro atoms. The van der Waals surface area contributed by atoms with Crippen LogP contribution in [0.5, 0.6) is 0 Å². The molecular weight excluding hydrogens is 354 g/mol. The molecule has 0 fully saturated rings. The number of benzene rings is 2. The Hall–Kier alpha value is -2.46. The standard InChI is InChI=1S/C21H17ClF2N2/c1-3-13-9-12(2)26-18-8-7-14(22)10-15(18)21(25-11-19(13)26)20-16(23)5-4-6-17(20)24/h4-10H,3,11H2,1-2H3. The highest BCUT2D eigenvalue weighted by Gasteiger charge is 2.25. The molecule has 0 radical (unpaired) electrons. The van der Waals surface area contributed by atoms with Crippen molar-refractivity contribution in [1.82, 2.24) is 4.57 Å². The van der Waals surface area contributed by atoms with E-state index in [4.69, 9.17) is 11.6 Å². The van der Waals surface area contributed by atoms with Crippen LogP contribution in [-0.4, -0.2) is 10.3 Å². The summed E-state index contributed by atoms with van der Waals surface area (Å²) in [5.41, 5.74) is 4.93. The molecule has 0 atom stereocenters. The minimum Gasteiger partial charge on any atom is -0.315 e. The molecule has 0 saturated heterocycles. The molecule has 0 saturated carbocycles. The average Bonchev–Trinajstić information content (AvgIpc) is 2.83. The molecule has 1 aliphatic rings. The van der Waals surface area contributed by atoms with Gasteiger partial charge in [-0.1, -0.05) is 24.6 Å². The normalized spacial score (nSPS) is 13.0. The molecule has 3 aromatic rings. The third-order valence-electron chi connectivity index (χ3n) is 4.80. The molecule has 0 aliphatic carbocycles. The number of nitrogens with zero attached hydrogens (tertiary/aromatic N) is 2. The van der Waals surface area contributed by atoms with Crippen LogP contribution < -0.4 is 0 Å². The van der Waals surface area contributed by atoms with E-state index in [0.717, 1.165) is 23.5 Å². The van der Waals surface area contributed by atoms with Crippen LogP contribution in [-0.2, 0) is 13.0 Å². The van der Waals surface area contributed by atoms with E-state index in [0.29, 0.717) is 22.8 Å². The van der Waals surface area contributed by atoms with Gasteiger partial charge in [-0.2, -0.15) is 0 Å². The summed E-state index contributed by atoms with van der Waals surface area (Å²) in [6.45, 7) is 4.46. The zero-order valence-electron chi connectivity index (χ0n) is 14.5. The van der Waals surface area contributed by atoms with E-state index >= 15 is 0 Å². The molecular formula is C21H17ClF2N2. The van der Waals surface area contributed by atoms with Crippen molar-refractivity contribution in [3.8, 4) is 5.69 Å². The first-order valence-corrected chi connectivity index (χ1v) is 8.88. The van der Waals surface area contributed by atoms with Crippen LogP contribution in [0, 0.1) is 18.6 Å². The number of hydrogen-bond donors (Lipinski definition) is 0. The molecule has 1 aliphatic heterocycles. The summed E-state index contributed by atoms with van der Waals surface area (Å²) in [6.07, 6.45) is 0.866. The van der Waals surface area contributed by atoms with E-state index < -0.39 is 11.6 Å². The second-order valence-corrected chi connectivity index (χ2v) is 6.81. The quantitative estimate of drug-likeness (QED) is 0.556. The second-order valence-electron chi connectivity index (χ2n) is 6.37. The maximum Gasteiger partial charge on any atom is 0.135 e. The lowest BCUT2D eigenvalue weighted by molar-refractivity contribution is 0.579. The van der Waals surface area contributed by atoms with E-state index in [1.54, 1.807) is 12.1 Å². The van der Waals surface area contributed by atoms with Crippen molar-refractivity contribution in [3.05, 3.63) is 87.2 Å². The van der Waals surface area contributed by atoms with Gasteiger partial charge >= 0.3 is 0 Å². The summed E-state index contributed by atoms with van der Waals surface area (Å²) in [5.74, 6) is -1.26. The SMILES string of the molecule is CCc1cc(C)n2c1CN=C(c1c(F)cccc1F)c1cc(Cl)ccc1-2. The second kappa shape index (κ2) is 6.36. The van der Waals surface area contributed by atoms with Crippen LogP contribution in [0.4, 0.5) is 8.78 Å². The lowest BCUT2D eigenvalue weighted by Gasteiger charge is -2.15. The van der Waals surface area contributed by atoms with Crippen LogP contribution >= 0.6 is 11.6 Å². The van der Waals surface area contributed by atoms with E-state index in [1.165, 1.54) is 23.8 Å². The van der Waals surface area contributed by atoms with Gasteiger partial charge in [0, 0.05) is 22.0 Å². The van der Waals surface area contributed by atoms with Gasteiger partial charge in [0.25, 0.3) is 0 Å². The Balaban J connectivity index is 2.06. The molecule has 2 nitrogen and oxygen atoms in total. The van der Waals surface area contributed by atoms with E-state index in [9.17, 15) is 8.78 Å². The van der Waals surface area contributed by atoms with Gasteiger partial charge < -0.3 is 4.57 Å². The number of aryl methyl sites for hydroxylation is 2. The predicted octanol–water partition coefficient (Wildman–Crippen LogP) is 5.63. The number of aliphatic imine (C=N–C) groups is 1. The fraction of sp³-hybridized carbons (Fsp3) is 0.190. The Morgan fingerprint density at radius 3 is 2.54 bits per heavy atom. The van der Waals surface area contributed by atoms with Crippen molar-refractivity contribution in [2.45, 2.75) is 26.8 Å². The van der Waals surface area contributed by atoms with Gasteiger partial charge in [-0.25, -0.2) is 8.78 Å². The molecule has 0 amide bonds. The van der Waals surface area contributed by atoms with Crippen molar-refractivity contribution in [1.29, 1.82) is 0 Å². The highest BCUT2D eigenvalue weighted by molar-refractivity contribution is 6.31. The Labute approximate surface area is 155 Å². The van der Waals surface area contributed by atoms with Crippen molar-refractivity contribution < 1.29 is 8.78 Å². The van der Waals surface area contributed by atoms with Crippen molar-refractivity contribution in [2.75, 3.05) is 0 Å². The molecule has 4 rings (SSSR count). The minimum atomic E-state index is -0.631. The molecule has 2 heterocycles. The summed E-state index contributed by atoms with van der Waals surface area (Å²) in [7, 11) is 0. The number of aromatic nitrogens is 1. The molecule has 0 unspecified atom stereocenters. The summed E-state index contributed by atoms with van der Waals surface area (Å²) in [4.78, 5) is 4.62. The van der Waals surface area contributed by atoms with Gasteiger partial charge in [-0.3, -0.25) is 4.99 Å². The van der Waals surface area contributed by atoms with Crippen LogP contribution in [0.25, 0.3) is 5.69 Å². The third-order valence-corrected chi connectivity index (χ3v) is 5.03. The molecule has 5 heteroatoms. The Bertz CT molecular complexity index is 1030. The van der Waals surface area contributed by atoms with Gasteiger partial charge in [0.15, 0.2) is 0 Å². The molecule has 26 heavy (non-hydrogen) atoms. The Morgan fingerprint density at radius 2 is 1.85 bits per heavy atom. The van der Waals surface area contributed by atoms with Crippen LogP contribution in [0.15, 0.2) is 47.5 Å². The van der Waals surface area contributed by atoms with E-state index in [-0.39, 0.29) is 5.56 Å². The fourth-order valence-corrected chi connectivity index (χ4v) is 3.81. The highest BCUT2D eigenvalue weighted by atomic mass is 35.5. The monoisotopic (exact) mass is 370 g/mol. The van der Waals surface area contributed by atoms with Crippen LogP contribution in [0.1, 0.15) is 35.0 Å². The number of fused-ring (bicyclic) bond motifs is 3. The first-order chi connectivity index (χ1) is 12.5. The molecule has 0 N–H and O–H groups in total. The van der Waals surface area contributed by atoms with Crippen LogP contribution in [0.3, 0.4) is 0 Å². The largest absolute Gasteiger partial charge is 0.315 e. The number of rotatable bonds is 2. The Morgan fingerprint density at radius 1 is 1.12 bits per heavy atom. The lowest BCUT2D eigenvalue weighted by atomic mass is 9.99. The summed E-state index contributed by atoms with van der Waals surface area (Å²) >= 11 is 6.21. The zero-order valence-corrected chi connectivity index (χ0v) is 15.2. The van der Waals surface area contributed by atoms with Crippen LogP contribution in [0.2, 0.25) is 5.02 Å². The van der Waals surface area contributed by atoms with Crippen molar-refractivity contribution in [3.63, 3.8) is 0 Å². The predicted molar refractivity (Wildman–Crippen MR) is 101 cm³/mol. The highest BCUT2D eigenvalue weighted by Crippen LogP contribution is 2.32. The first kappa shape index (κ1) is 17.0. The fourth-order valence-electron chi connectivity index (χ4n) is 3.64. The van der Waals surface area contributed by atoms with Gasteiger partial charge in [0.05, 0.1) is 23.5 Å². The van der Waals surface area contributed by atoms with Gasteiger partial charge in [-0.15, -0.1) is 0 Å². The van der Waals surface area contributed by atoms with Gasteiger partial charge in [-0.05, 0) is 55.3 Å². The average molecular weight is 371 g/mol. The van der Waals surface area contributed by atoms with E-state index in [1.807, 2.05) is 13.0 Å². The number of halogens is 3. The molecule has 2 aromatic carbocycles. The smallest absolute Gasteiger partial charge is 0.135 e. The maximum absolute atomic E-state index is 14.5. The number of hydrogen-bond acceptors (Lipinski definition) is 1. The van der Waals surface area contributed by atoms with Crippen molar-refractivity contribution in [2.24, 2.45) is 4.99 Å². The summed E-state index contributed by atoms with van der Waals surface area (Å²) in [6, 6.07) is 11.4. The third kappa shape index (κ3) is 2.56. The maximum atomic E-state index is 14.5. The molecule has 0 bridgehead atoms. The topological polar surface area (TPSA) is 17.3 Å². The lowest BCUT2D eigenvalue weighted by Crippen LogP contribution is -2.11. The van der Waals surface area contributed by atoms with Crippen molar-refractivity contribution >= 4 is 17.3 Å². The molecule has 132 valence electrons. The summed E-state index contributed by atoms with van der Waals surface area (Å²) < 4.78 is 31.1. The molecule has 1 aromatic heterocycles. The van der Waals surface area contributed by atoms with E-state index in [2.05, 4.69) is 22.5 Å². The van der Waals surface area contributed by atoms with Gasteiger partial charge in [0.2, 0.25) is 0 Å². The zero-order chi connectivity index (χ0) is 18.4.